The summed E-state index contributed by atoms with van der Waals surface area (Å²) in [6.07, 6.45) is 16.0. The Kier molecular flexibility index (Phi) is 18.2. The number of rotatable bonds is 19. The Labute approximate surface area is 150 Å². The van der Waals surface area contributed by atoms with Gasteiger partial charge in [0.1, 0.15) is 0 Å². The molecule has 0 aliphatic rings. The second-order valence-electron chi connectivity index (χ2n) is 6.95. The zero-order chi connectivity index (χ0) is 17.9. The molecule has 0 aliphatic heterocycles. The van der Waals surface area contributed by atoms with Gasteiger partial charge in [0.25, 0.3) is 0 Å². The molecule has 0 aromatic heterocycles. The zero-order valence-corrected chi connectivity index (χ0v) is 16.3. The molecule has 0 radical (unpaired) electrons. The van der Waals surface area contributed by atoms with Gasteiger partial charge in [-0.15, -0.1) is 0 Å². The monoisotopic (exact) mass is 342 g/mol. The van der Waals surface area contributed by atoms with Crippen molar-refractivity contribution in [3.8, 4) is 0 Å². The van der Waals surface area contributed by atoms with E-state index in [1.165, 1.54) is 77.0 Å². The first-order chi connectivity index (χ1) is 11.7. The number of aliphatic carboxylic acids is 1. The van der Waals surface area contributed by atoms with E-state index in [4.69, 9.17) is 5.11 Å². The molecule has 0 bridgehead atoms. The van der Waals surface area contributed by atoms with Crippen LogP contribution in [0.1, 0.15) is 90.9 Å². The van der Waals surface area contributed by atoms with Crippen LogP contribution in [0.4, 0.5) is 0 Å². The van der Waals surface area contributed by atoms with Crippen molar-refractivity contribution in [3.05, 3.63) is 0 Å². The van der Waals surface area contributed by atoms with Crippen LogP contribution in [0.5, 0.6) is 0 Å². The first-order valence-corrected chi connectivity index (χ1v) is 10.4. The number of hydrogen-bond acceptors (Lipinski definition) is 3. The van der Waals surface area contributed by atoms with E-state index >= 15 is 0 Å². The SMILES string of the molecule is CCCCCCCCN(CCCCCCCC)CCNCC(=O)O. The van der Waals surface area contributed by atoms with Gasteiger partial charge in [-0.1, -0.05) is 78.1 Å². The minimum Gasteiger partial charge on any atom is -0.480 e. The van der Waals surface area contributed by atoms with E-state index in [0.29, 0.717) is 0 Å². The number of nitrogens with zero attached hydrogens (tertiary/aromatic N) is 1. The van der Waals surface area contributed by atoms with Gasteiger partial charge in [-0.2, -0.15) is 0 Å². The normalized spacial score (nSPS) is 11.3. The topological polar surface area (TPSA) is 52.6 Å². The summed E-state index contributed by atoms with van der Waals surface area (Å²) >= 11 is 0. The van der Waals surface area contributed by atoms with Crippen molar-refractivity contribution in [3.63, 3.8) is 0 Å². The van der Waals surface area contributed by atoms with Crippen LogP contribution in [0.3, 0.4) is 0 Å². The molecule has 0 atom stereocenters. The van der Waals surface area contributed by atoms with E-state index in [2.05, 4.69) is 24.1 Å². The third-order valence-electron chi connectivity index (χ3n) is 4.54. The minimum atomic E-state index is -0.770. The Morgan fingerprint density at radius 1 is 0.750 bits per heavy atom. The fourth-order valence-electron chi connectivity index (χ4n) is 3.00. The zero-order valence-electron chi connectivity index (χ0n) is 16.3. The average molecular weight is 343 g/mol. The number of carboxylic acids is 1. The molecular formula is C20H42N2O2. The van der Waals surface area contributed by atoms with Crippen molar-refractivity contribution in [2.45, 2.75) is 90.9 Å². The summed E-state index contributed by atoms with van der Waals surface area (Å²) in [6.45, 7) is 8.65. The molecule has 144 valence electrons. The van der Waals surface area contributed by atoms with Gasteiger partial charge < -0.3 is 15.3 Å². The third kappa shape index (κ3) is 17.7. The number of carbonyl (C=O) groups is 1. The van der Waals surface area contributed by atoms with Crippen molar-refractivity contribution in [1.29, 1.82) is 0 Å². The van der Waals surface area contributed by atoms with Gasteiger partial charge in [0.05, 0.1) is 6.54 Å². The number of nitrogens with one attached hydrogen (secondary N) is 1. The maximum absolute atomic E-state index is 10.6. The first-order valence-electron chi connectivity index (χ1n) is 10.4. The van der Waals surface area contributed by atoms with Crippen LogP contribution in [0, 0.1) is 0 Å². The Hall–Kier alpha value is -0.610. The number of unbranched alkanes of at least 4 members (excludes halogenated alkanes) is 10. The predicted molar refractivity (Wildman–Crippen MR) is 104 cm³/mol. The molecule has 24 heavy (non-hydrogen) atoms. The number of hydrogen-bond donors (Lipinski definition) is 2. The van der Waals surface area contributed by atoms with Crippen LogP contribution < -0.4 is 5.32 Å². The summed E-state index contributed by atoms with van der Waals surface area (Å²) < 4.78 is 0. The van der Waals surface area contributed by atoms with Crippen LogP contribution >= 0.6 is 0 Å². The Morgan fingerprint density at radius 3 is 1.67 bits per heavy atom. The minimum absolute atomic E-state index is 0.0713. The van der Waals surface area contributed by atoms with E-state index in [1.807, 2.05) is 0 Å². The van der Waals surface area contributed by atoms with Gasteiger partial charge >= 0.3 is 5.97 Å². The lowest BCUT2D eigenvalue weighted by Gasteiger charge is -2.22. The molecule has 0 unspecified atom stereocenters. The quantitative estimate of drug-likeness (QED) is 0.335. The predicted octanol–water partition coefficient (Wildman–Crippen LogP) is 4.68. The molecule has 4 heteroatoms. The van der Waals surface area contributed by atoms with E-state index in [0.717, 1.165) is 26.2 Å². The highest BCUT2D eigenvalue weighted by Crippen LogP contribution is 2.08. The maximum atomic E-state index is 10.6. The van der Waals surface area contributed by atoms with Crippen LogP contribution in [-0.4, -0.2) is 48.7 Å². The summed E-state index contributed by atoms with van der Waals surface area (Å²) in [5.41, 5.74) is 0. The lowest BCUT2D eigenvalue weighted by atomic mass is 10.1. The molecule has 0 aromatic rings. The highest BCUT2D eigenvalue weighted by atomic mass is 16.4. The molecule has 4 nitrogen and oxygen atoms in total. The summed E-state index contributed by atoms with van der Waals surface area (Å²) in [5.74, 6) is -0.770. The van der Waals surface area contributed by atoms with Gasteiger partial charge in [0.15, 0.2) is 0 Å². The molecule has 0 heterocycles. The standard InChI is InChI=1S/C20H42N2O2/c1-3-5-7-9-11-13-16-22(18-15-21-19-20(23)24)17-14-12-10-8-6-4-2/h21H,3-19H2,1-2H3,(H,23,24). The molecule has 0 rings (SSSR count). The van der Waals surface area contributed by atoms with Crippen molar-refractivity contribution < 1.29 is 9.90 Å². The molecular weight excluding hydrogens is 300 g/mol. The van der Waals surface area contributed by atoms with Crippen LogP contribution in [-0.2, 0) is 4.79 Å². The largest absolute Gasteiger partial charge is 0.480 e. The second-order valence-corrected chi connectivity index (χ2v) is 6.95. The van der Waals surface area contributed by atoms with Gasteiger partial charge in [0, 0.05) is 13.1 Å². The van der Waals surface area contributed by atoms with Gasteiger partial charge in [0.2, 0.25) is 0 Å². The van der Waals surface area contributed by atoms with Crippen LogP contribution in [0.15, 0.2) is 0 Å². The third-order valence-corrected chi connectivity index (χ3v) is 4.54. The smallest absolute Gasteiger partial charge is 0.317 e. The van der Waals surface area contributed by atoms with E-state index in [-0.39, 0.29) is 6.54 Å². The van der Waals surface area contributed by atoms with E-state index in [9.17, 15) is 4.79 Å². The summed E-state index contributed by atoms with van der Waals surface area (Å²) in [7, 11) is 0. The van der Waals surface area contributed by atoms with Gasteiger partial charge in [-0.05, 0) is 25.9 Å². The molecule has 0 aromatic carbocycles. The molecule has 0 fully saturated rings. The van der Waals surface area contributed by atoms with Crippen LogP contribution in [0.25, 0.3) is 0 Å². The Bertz CT molecular complexity index is 256. The molecule has 0 saturated heterocycles. The number of carboxylic acid groups (broad SMARTS) is 1. The van der Waals surface area contributed by atoms with E-state index < -0.39 is 5.97 Å². The summed E-state index contributed by atoms with van der Waals surface area (Å²) in [5, 5.41) is 11.7. The lowest BCUT2D eigenvalue weighted by Crippen LogP contribution is -2.35. The van der Waals surface area contributed by atoms with Gasteiger partial charge in [-0.3, -0.25) is 4.79 Å². The highest BCUT2D eigenvalue weighted by Gasteiger charge is 2.05. The van der Waals surface area contributed by atoms with Crippen molar-refractivity contribution >= 4 is 5.97 Å². The molecule has 2 N–H and O–H groups in total. The molecule has 0 spiro atoms. The van der Waals surface area contributed by atoms with Crippen LogP contribution in [0.2, 0.25) is 0 Å². The Balaban J connectivity index is 3.80. The van der Waals surface area contributed by atoms with E-state index in [1.54, 1.807) is 0 Å². The fourth-order valence-corrected chi connectivity index (χ4v) is 3.00. The highest BCUT2D eigenvalue weighted by molar-refractivity contribution is 5.68. The molecule has 0 saturated carbocycles. The second kappa shape index (κ2) is 18.7. The van der Waals surface area contributed by atoms with Crippen molar-refractivity contribution in [1.82, 2.24) is 10.2 Å². The molecule has 0 amide bonds. The summed E-state index contributed by atoms with van der Waals surface area (Å²) in [4.78, 5) is 13.1. The molecule has 0 aliphatic carbocycles. The first kappa shape index (κ1) is 23.4. The Morgan fingerprint density at radius 2 is 1.21 bits per heavy atom. The maximum Gasteiger partial charge on any atom is 0.317 e. The van der Waals surface area contributed by atoms with Crippen molar-refractivity contribution in [2.24, 2.45) is 0 Å². The summed E-state index contributed by atoms with van der Waals surface area (Å²) in [6, 6.07) is 0. The van der Waals surface area contributed by atoms with Crippen molar-refractivity contribution in [2.75, 3.05) is 32.7 Å². The van der Waals surface area contributed by atoms with Gasteiger partial charge in [-0.25, -0.2) is 0 Å². The average Bonchev–Trinajstić information content (AvgIpc) is 2.56. The fraction of sp³-hybridized carbons (Fsp3) is 0.950. The lowest BCUT2D eigenvalue weighted by molar-refractivity contribution is -0.135.